The van der Waals surface area contributed by atoms with E-state index in [4.69, 9.17) is 0 Å². The smallest absolute Gasteiger partial charge is 0.197 e. The van der Waals surface area contributed by atoms with Gasteiger partial charge in [0.1, 0.15) is 0 Å². The molecule has 0 unspecified atom stereocenters. The summed E-state index contributed by atoms with van der Waals surface area (Å²) in [5.41, 5.74) is 26.5. The summed E-state index contributed by atoms with van der Waals surface area (Å²) in [6, 6.07) is 41.5. The first-order chi connectivity index (χ1) is 35.4. The summed E-state index contributed by atoms with van der Waals surface area (Å²) in [7, 11) is 2.45. The number of unbranched alkanes of at least 4 members (excludes halogenated alkanes) is 2. The van der Waals surface area contributed by atoms with E-state index in [1.165, 1.54) is 84.4 Å². The van der Waals surface area contributed by atoms with Crippen molar-refractivity contribution >= 4 is 58.4 Å². The van der Waals surface area contributed by atoms with Gasteiger partial charge < -0.3 is 15.1 Å². The van der Waals surface area contributed by atoms with Crippen molar-refractivity contribution in [1.82, 2.24) is 0 Å². The zero-order valence-electron chi connectivity index (χ0n) is 44.7. The number of aryl methyl sites for hydroxylation is 4. The molecule has 0 saturated carbocycles. The fourth-order valence-electron chi connectivity index (χ4n) is 11.0. The van der Waals surface area contributed by atoms with Crippen LogP contribution in [0.4, 0.5) is 34.1 Å². The van der Waals surface area contributed by atoms with Crippen molar-refractivity contribution in [2.45, 2.75) is 112 Å². The maximum Gasteiger partial charge on any atom is 0.197 e. The van der Waals surface area contributed by atoms with E-state index in [0.29, 0.717) is 0 Å². The molecule has 1 radical (unpaired) electrons. The third-order valence-corrected chi connectivity index (χ3v) is 14.8. The Morgan fingerprint density at radius 1 is 0.767 bits per heavy atom. The molecule has 1 aliphatic heterocycles. The van der Waals surface area contributed by atoms with Gasteiger partial charge in [-0.3, -0.25) is 0 Å². The first-order valence-electron chi connectivity index (χ1n) is 26.7. The molecule has 0 amide bonds. The predicted molar refractivity (Wildman–Crippen MR) is 320 cm³/mol. The summed E-state index contributed by atoms with van der Waals surface area (Å²) >= 11 is 0. The fraction of sp³-hybridized carbons (Fsp3) is 0.246. The average molecular weight is 955 g/mol. The van der Waals surface area contributed by atoms with Crippen molar-refractivity contribution in [3.8, 4) is 22.3 Å². The summed E-state index contributed by atoms with van der Waals surface area (Å²) in [5, 5.41) is 4.04. The molecule has 6 aromatic carbocycles. The van der Waals surface area contributed by atoms with E-state index in [2.05, 4.69) is 249 Å². The Kier molecular flexibility index (Phi) is 15.4. The first-order valence-corrected chi connectivity index (χ1v) is 26.7. The Labute approximate surface area is 438 Å². The number of anilines is 6. The van der Waals surface area contributed by atoms with E-state index < -0.39 is 0 Å². The number of nitrogens with zero attached hydrogens (tertiary/aromatic N) is 2. The van der Waals surface area contributed by atoms with Crippen molar-refractivity contribution in [1.29, 1.82) is 0 Å². The van der Waals surface area contributed by atoms with Crippen LogP contribution in [0.15, 0.2) is 200 Å². The van der Waals surface area contributed by atoms with Gasteiger partial charge in [-0.15, -0.1) is 0 Å². The molecule has 6 aromatic rings. The Morgan fingerprint density at radius 3 is 2.21 bits per heavy atom. The van der Waals surface area contributed by atoms with Crippen LogP contribution in [-0.4, -0.2) is 7.28 Å². The van der Waals surface area contributed by atoms with E-state index in [0.717, 1.165) is 90.2 Å². The van der Waals surface area contributed by atoms with Crippen LogP contribution < -0.4 is 26.0 Å². The van der Waals surface area contributed by atoms with Crippen LogP contribution >= 0.6 is 0 Å². The Bertz CT molecular complexity index is 3210. The van der Waals surface area contributed by atoms with E-state index in [1.54, 1.807) is 0 Å². The number of nitrogens with one attached hydrogen (secondary N) is 1. The lowest BCUT2D eigenvalue weighted by Crippen LogP contribution is -2.42. The van der Waals surface area contributed by atoms with Gasteiger partial charge >= 0.3 is 0 Å². The topological polar surface area (TPSA) is 18.5 Å². The molecule has 1 heterocycles. The number of fused-ring (bicyclic) bond motifs is 3. The zero-order chi connectivity index (χ0) is 51.2. The van der Waals surface area contributed by atoms with Crippen LogP contribution in [0.25, 0.3) is 28.3 Å². The molecule has 0 bridgehead atoms. The lowest BCUT2D eigenvalue weighted by Gasteiger charge is -2.38. The Morgan fingerprint density at radius 2 is 1.51 bits per heavy atom. The average Bonchev–Trinajstić information content (AvgIpc) is 3.38. The third-order valence-electron chi connectivity index (χ3n) is 14.8. The largest absolute Gasteiger partial charge is 0.355 e. The lowest BCUT2D eigenvalue weighted by atomic mass is 9.57. The molecule has 1 N–H and O–H groups in total. The highest BCUT2D eigenvalue weighted by Gasteiger charge is 2.31. The number of benzene rings is 6. The third kappa shape index (κ3) is 10.9. The second-order valence-corrected chi connectivity index (χ2v) is 21.2. The Hall–Kier alpha value is -7.30. The summed E-state index contributed by atoms with van der Waals surface area (Å²) < 4.78 is 0. The van der Waals surface area contributed by atoms with Crippen molar-refractivity contribution < 1.29 is 0 Å². The van der Waals surface area contributed by atoms with Gasteiger partial charge in [-0.05, 0) is 188 Å². The van der Waals surface area contributed by atoms with Crippen LogP contribution in [0.2, 0.25) is 0 Å². The van der Waals surface area contributed by atoms with Gasteiger partial charge in [0.15, 0.2) is 7.28 Å². The van der Waals surface area contributed by atoms with Gasteiger partial charge in [0, 0.05) is 51.0 Å². The summed E-state index contributed by atoms with van der Waals surface area (Å²) in [6.45, 7) is 26.5. The SMILES string of the molecule is C=C/C=C(\C=C(\C)N1c2cc(N(/C(=C/C=C)CCCCC)c3ccc(C)cc3)ccc2[B]c2c(-c3ccc4c(c3Nc3ccc(C(C)(C)C)cc3)C=CCC4)cc(-c3c(C)cccc3C)cc21)C1=CC=CCC1. The monoisotopic (exact) mass is 955 g/mol. The van der Waals surface area contributed by atoms with Crippen molar-refractivity contribution in [2.24, 2.45) is 0 Å². The molecule has 2 aliphatic carbocycles. The summed E-state index contributed by atoms with van der Waals surface area (Å²) in [4.78, 5) is 5.00. The van der Waals surface area contributed by atoms with Gasteiger partial charge in [0.05, 0.1) is 5.69 Å². The van der Waals surface area contributed by atoms with Crippen molar-refractivity contribution in [2.75, 3.05) is 15.1 Å². The molecule has 0 saturated heterocycles. The van der Waals surface area contributed by atoms with Gasteiger partial charge in [-0.1, -0.05) is 174 Å². The molecule has 3 nitrogen and oxygen atoms in total. The first kappa shape index (κ1) is 50.6. The molecule has 0 spiro atoms. The van der Waals surface area contributed by atoms with E-state index in [1.807, 2.05) is 12.2 Å². The van der Waals surface area contributed by atoms with Crippen LogP contribution in [0.1, 0.15) is 113 Å². The highest BCUT2D eigenvalue weighted by Crippen LogP contribution is 2.45. The van der Waals surface area contributed by atoms with Crippen LogP contribution in [0.5, 0.6) is 0 Å². The minimum Gasteiger partial charge on any atom is -0.355 e. The number of rotatable bonds is 16. The maximum atomic E-state index is 4.22. The van der Waals surface area contributed by atoms with E-state index >= 15 is 0 Å². The number of allylic oxidation sites excluding steroid dienone is 13. The van der Waals surface area contributed by atoms with Crippen LogP contribution in [0.3, 0.4) is 0 Å². The van der Waals surface area contributed by atoms with Gasteiger partial charge in [0.2, 0.25) is 0 Å². The predicted octanol–water partition coefficient (Wildman–Crippen LogP) is 18.1. The maximum absolute atomic E-state index is 4.22. The van der Waals surface area contributed by atoms with E-state index in [9.17, 15) is 0 Å². The molecule has 0 atom stereocenters. The van der Waals surface area contributed by atoms with Crippen molar-refractivity contribution in [3.63, 3.8) is 0 Å². The molecule has 0 aromatic heterocycles. The second-order valence-electron chi connectivity index (χ2n) is 21.2. The molecular weight excluding hydrogens is 882 g/mol. The van der Waals surface area contributed by atoms with Crippen LogP contribution in [-0.2, 0) is 11.8 Å². The minimum absolute atomic E-state index is 0.0572. The molecule has 4 heteroatoms. The molecule has 73 heavy (non-hydrogen) atoms. The van der Waals surface area contributed by atoms with Gasteiger partial charge in [-0.2, -0.15) is 0 Å². The molecule has 0 fully saturated rings. The van der Waals surface area contributed by atoms with Gasteiger partial charge in [-0.25, -0.2) is 0 Å². The highest BCUT2D eigenvalue weighted by atomic mass is 15.2. The Balaban J connectivity index is 1.33. The summed E-state index contributed by atoms with van der Waals surface area (Å²) in [5.74, 6) is 0. The normalized spacial score (nSPS) is 14.4. The summed E-state index contributed by atoms with van der Waals surface area (Å²) in [6.07, 6.45) is 30.5. The molecule has 3 aliphatic rings. The van der Waals surface area contributed by atoms with Crippen LogP contribution in [0, 0.1) is 20.8 Å². The van der Waals surface area contributed by atoms with Crippen molar-refractivity contribution in [3.05, 3.63) is 233 Å². The molecular formula is C69H73BN3. The second kappa shape index (κ2) is 22.2. The van der Waals surface area contributed by atoms with Gasteiger partial charge in [0.25, 0.3) is 0 Å². The van der Waals surface area contributed by atoms with E-state index in [-0.39, 0.29) is 5.41 Å². The zero-order valence-corrected chi connectivity index (χ0v) is 44.7. The molecule has 367 valence electrons. The fourth-order valence-corrected chi connectivity index (χ4v) is 11.0. The molecule has 9 rings (SSSR count). The number of hydrogen-bond acceptors (Lipinski definition) is 3. The quantitative estimate of drug-likeness (QED) is 0.0592. The lowest BCUT2D eigenvalue weighted by molar-refractivity contribution is 0.590. The number of hydrogen-bond donors (Lipinski definition) is 1. The standard InChI is InChI=1S/C69H73BN3/c1-11-14-16-29-57(23-13-3)73(58-38-31-47(4)32-39-58)59-40-42-63-64(46-59)72(50(7)43-53(22-12-2)51-26-17-15-18-27-51)65-45-54(66-48(5)24-21-25-49(66)6)44-62(67(65)70-63)61-41-33-52-28-19-20-30-60(52)68(61)71-56-36-34-55(35-37-56)69(8,9)10/h12-13,15,17,20-26,30-46,71H,2-3,11,14,16,18-19,27-29H2,1,4-10H3/b50-43-,53-22+,57-23+. The minimum atomic E-state index is 0.0572. The highest BCUT2D eigenvalue weighted by molar-refractivity contribution is 6.73.